The number of fused-ring (bicyclic) bond motifs is 1. The molecule has 0 N–H and O–H groups in total. The van der Waals surface area contributed by atoms with E-state index in [1.54, 1.807) is 19.1 Å². The molecule has 2 rings (SSSR count). The minimum atomic E-state index is -0.501. The topological polar surface area (TPSA) is 61.8 Å². The van der Waals surface area contributed by atoms with E-state index in [2.05, 4.69) is 0 Å². The predicted molar refractivity (Wildman–Crippen MR) is 72.0 cm³/mol. The normalized spacial score (nSPS) is 13.0. The van der Waals surface area contributed by atoms with E-state index >= 15 is 0 Å². The van der Waals surface area contributed by atoms with Gasteiger partial charge in [0.1, 0.15) is 18.1 Å². The number of hydrogen-bond acceptors (Lipinski definition) is 5. The van der Waals surface area contributed by atoms with E-state index in [0.717, 1.165) is 5.57 Å². The average molecular weight is 276 g/mol. The first kappa shape index (κ1) is 14.3. The Morgan fingerprint density at radius 1 is 1.30 bits per heavy atom. The molecule has 1 aliphatic rings. The maximum absolute atomic E-state index is 12.2. The zero-order chi connectivity index (χ0) is 14.9. The first-order chi connectivity index (χ1) is 9.43. The number of esters is 1. The van der Waals surface area contributed by atoms with Crippen LogP contribution in [-0.2, 0) is 9.53 Å². The van der Waals surface area contributed by atoms with E-state index in [1.165, 1.54) is 7.11 Å². The Morgan fingerprint density at radius 3 is 2.60 bits per heavy atom. The van der Waals surface area contributed by atoms with Gasteiger partial charge in [-0.2, -0.15) is 0 Å². The third-order valence-electron chi connectivity index (χ3n) is 2.87. The first-order valence-electron chi connectivity index (χ1n) is 6.18. The molecular formula is C15H16O5. The number of hydrogen-bond donors (Lipinski definition) is 0. The quantitative estimate of drug-likeness (QED) is 0.482. The van der Waals surface area contributed by atoms with Gasteiger partial charge in [0.2, 0.25) is 5.78 Å². The summed E-state index contributed by atoms with van der Waals surface area (Å²) in [5.74, 6) is 0.465. The van der Waals surface area contributed by atoms with Crippen molar-refractivity contribution in [2.45, 2.75) is 20.8 Å². The SMILES string of the molecule is COCC(=O)Oc1cc(C)c2c(c1)OC(=C(C)C)C2=O. The highest BCUT2D eigenvalue weighted by Crippen LogP contribution is 2.37. The molecule has 5 heteroatoms. The molecule has 1 aromatic carbocycles. The van der Waals surface area contributed by atoms with Crippen LogP contribution >= 0.6 is 0 Å². The fraction of sp³-hybridized carbons (Fsp3) is 0.333. The monoisotopic (exact) mass is 276 g/mol. The highest BCUT2D eigenvalue weighted by molar-refractivity contribution is 6.13. The summed E-state index contributed by atoms with van der Waals surface area (Å²) in [6.45, 7) is 5.28. The van der Waals surface area contributed by atoms with Crippen molar-refractivity contribution in [3.63, 3.8) is 0 Å². The Morgan fingerprint density at radius 2 is 2.00 bits per heavy atom. The van der Waals surface area contributed by atoms with Crippen LogP contribution < -0.4 is 9.47 Å². The van der Waals surface area contributed by atoms with Crippen molar-refractivity contribution in [3.05, 3.63) is 34.6 Å². The molecule has 0 spiro atoms. The van der Waals surface area contributed by atoms with Crippen molar-refractivity contribution >= 4 is 11.8 Å². The number of benzene rings is 1. The zero-order valence-electron chi connectivity index (χ0n) is 11.9. The summed E-state index contributed by atoms with van der Waals surface area (Å²) in [7, 11) is 1.41. The molecule has 0 fully saturated rings. The van der Waals surface area contributed by atoms with Gasteiger partial charge >= 0.3 is 5.97 Å². The van der Waals surface area contributed by atoms with Crippen molar-refractivity contribution < 1.29 is 23.8 Å². The van der Waals surface area contributed by atoms with E-state index in [-0.39, 0.29) is 12.4 Å². The maximum Gasteiger partial charge on any atom is 0.337 e. The minimum Gasteiger partial charge on any atom is -0.452 e. The molecule has 0 bridgehead atoms. The second-order valence-electron chi connectivity index (χ2n) is 4.78. The number of aryl methyl sites for hydroxylation is 1. The summed E-state index contributed by atoms with van der Waals surface area (Å²) >= 11 is 0. The van der Waals surface area contributed by atoms with E-state index in [1.807, 2.05) is 13.8 Å². The predicted octanol–water partition coefficient (Wildman–Crippen LogP) is 2.42. The number of carbonyl (C=O) groups excluding carboxylic acids is 2. The standard InChI is InChI=1S/C15H16O5/c1-8(2)15-14(17)13-9(3)5-10(6-11(13)20-15)19-12(16)7-18-4/h5-6H,7H2,1-4H3. The van der Waals surface area contributed by atoms with Crippen LogP contribution in [0.15, 0.2) is 23.5 Å². The lowest BCUT2D eigenvalue weighted by atomic mass is 10.0. The molecule has 1 aromatic rings. The van der Waals surface area contributed by atoms with Gasteiger partial charge in [0.25, 0.3) is 0 Å². The van der Waals surface area contributed by atoms with Crippen LogP contribution in [0.3, 0.4) is 0 Å². The molecule has 0 aliphatic carbocycles. The van der Waals surface area contributed by atoms with Crippen molar-refractivity contribution in [2.75, 3.05) is 13.7 Å². The number of ketones is 1. The number of ether oxygens (including phenoxy) is 3. The second kappa shape index (κ2) is 5.46. The third kappa shape index (κ3) is 2.58. The minimum absolute atomic E-state index is 0.130. The smallest absolute Gasteiger partial charge is 0.337 e. The lowest BCUT2D eigenvalue weighted by Gasteiger charge is -2.07. The van der Waals surface area contributed by atoms with Gasteiger partial charge in [-0.05, 0) is 38.0 Å². The summed E-state index contributed by atoms with van der Waals surface area (Å²) in [6, 6.07) is 3.19. The molecule has 0 saturated carbocycles. The van der Waals surface area contributed by atoms with Crippen LogP contribution in [-0.4, -0.2) is 25.5 Å². The van der Waals surface area contributed by atoms with E-state index in [0.29, 0.717) is 28.4 Å². The lowest BCUT2D eigenvalue weighted by Crippen LogP contribution is -2.14. The van der Waals surface area contributed by atoms with Gasteiger partial charge in [0.05, 0.1) is 5.56 Å². The van der Waals surface area contributed by atoms with Gasteiger partial charge in [-0.15, -0.1) is 0 Å². The highest BCUT2D eigenvalue weighted by atomic mass is 16.6. The molecule has 106 valence electrons. The van der Waals surface area contributed by atoms with Crippen molar-refractivity contribution in [3.8, 4) is 11.5 Å². The first-order valence-corrected chi connectivity index (χ1v) is 6.18. The van der Waals surface area contributed by atoms with Gasteiger partial charge in [-0.1, -0.05) is 0 Å². The Balaban J connectivity index is 2.35. The van der Waals surface area contributed by atoms with Crippen molar-refractivity contribution in [2.24, 2.45) is 0 Å². The Bertz CT molecular complexity index is 609. The molecule has 0 atom stereocenters. The molecule has 20 heavy (non-hydrogen) atoms. The Hall–Kier alpha value is -2.14. The lowest BCUT2D eigenvalue weighted by molar-refractivity contribution is -0.138. The summed E-state index contributed by atoms with van der Waals surface area (Å²) in [4.78, 5) is 23.6. The van der Waals surface area contributed by atoms with Gasteiger partial charge < -0.3 is 14.2 Å². The molecule has 1 aliphatic heterocycles. The molecule has 0 unspecified atom stereocenters. The van der Waals surface area contributed by atoms with Gasteiger partial charge in [-0.25, -0.2) is 4.79 Å². The third-order valence-corrected chi connectivity index (χ3v) is 2.87. The van der Waals surface area contributed by atoms with Crippen LogP contribution in [0.25, 0.3) is 0 Å². The summed E-state index contributed by atoms with van der Waals surface area (Å²) in [5.41, 5.74) is 2.04. The fourth-order valence-electron chi connectivity index (χ4n) is 2.03. The second-order valence-corrected chi connectivity index (χ2v) is 4.78. The number of methoxy groups -OCH3 is 1. The summed E-state index contributed by atoms with van der Waals surface area (Å²) in [5, 5.41) is 0. The molecule has 0 amide bonds. The Kier molecular flexibility index (Phi) is 3.90. The molecular weight excluding hydrogens is 260 g/mol. The largest absolute Gasteiger partial charge is 0.452 e. The Labute approximate surface area is 117 Å². The maximum atomic E-state index is 12.2. The van der Waals surface area contributed by atoms with Gasteiger partial charge in [0.15, 0.2) is 5.76 Å². The van der Waals surface area contributed by atoms with E-state index in [4.69, 9.17) is 14.2 Å². The van der Waals surface area contributed by atoms with Crippen LogP contribution in [0.2, 0.25) is 0 Å². The van der Waals surface area contributed by atoms with Gasteiger partial charge in [-0.3, -0.25) is 4.79 Å². The molecule has 0 saturated heterocycles. The number of allylic oxidation sites excluding steroid dienone is 2. The molecule has 1 heterocycles. The van der Waals surface area contributed by atoms with E-state index < -0.39 is 5.97 Å². The fourth-order valence-corrected chi connectivity index (χ4v) is 2.03. The number of Topliss-reactive ketones (excluding diaryl/α,β-unsaturated/α-hetero) is 1. The molecule has 0 radical (unpaired) electrons. The summed E-state index contributed by atoms with van der Waals surface area (Å²) < 4.78 is 15.4. The number of rotatable bonds is 3. The van der Waals surface area contributed by atoms with Crippen molar-refractivity contribution in [1.29, 1.82) is 0 Å². The zero-order valence-corrected chi connectivity index (χ0v) is 11.9. The van der Waals surface area contributed by atoms with Crippen LogP contribution in [0.4, 0.5) is 0 Å². The highest BCUT2D eigenvalue weighted by Gasteiger charge is 2.30. The number of carbonyl (C=O) groups is 2. The molecule has 0 aromatic heterocycles. The van der Waals surface area contributed by atoms with Crippen LogP contribution in [0.1, 0.15) is 29.8 Å². The van der Waals surface area contributed by atoms with Gasteiger partial charge in [0, 0.05) is 13.2 Å². The van der Waals surface area contributed by atoms with E-state index in [9.17, 15) is 9.59 Å². The molecule has 5 nitrogen and oxygen atoms in total. The van der Waals surface area contributed by atoms with Crippen LogP contribution in [0, 0.1) is 6.92 Å². The summed E-state index contributed by atoms with van der Waals surface area (Å²) in [6.07, 6.45) is 0. The average Bonchev–Trinajstić information content (AvgIpc) is 2.67. The van der Waals surface area contributed by atoms with Crippen LogP contribution in [0.5, 0.6) is 11.5 Å². The van der Waals surface area contributed by atoms with Crippen molar-refractivity contribution in [1.82, 2.24) is 0 Å².